The van der Waals surface area contributed by atoms with E-state index in [0.717, 1.165) is 32.4 Å². The van der Waals surface area contributed by atoms with Crippen molar-refractivity contribution in [2.75, 3.05) is 13.1 Å². The molecule has 1 aliphatic heterocycles. The summed E-state index contributed by atoms with van der Waals surface area (Å²) >= 11 is 0. The van der Waals surface area contributed by atoms with Gasteiger partial charge in [-0.05, 0) is 31.7 Å². The van der Waals surface area contributed by atoms with Crippen LogP contribution in [0, 0.1) is 5.92 Å². The summed E-state index contributed by atoms with van der Waals surface area (Å²) < 4.78 is 0. The zero-order chi connectivity index (χ0) is 15.4. The van der Waals surface area contributed by atoms with Crippen LogP contribution >= 0.6 is 0 Å². The van der Waals surface area contributed by atoms with Gasteiger partial charge in [0.15, 0.2) is 0 Å². The fourth-order valence-corrected chi connectivity index (χ4v) is 3.75. The summed E-state index contributed by atoms with van der Waals surface area (Å²) in [6, 6.07) is 0. The second-order valence-corrected chi connectivity index (χ2v) is 7.09. The van der Waals surface area contributed by atoms with Crippen molar-refractivity contribution in [3.8, 4) is 0 Å². The Morgan fingerprint density at radius 2 is 1.48 bits per heavy atom. The molecule has 1 saturated heterocycles. The first kappa shape index (κ1) is 19.0. The van der Waals surface area contributed by atoms with Gasteiger partial charge in [-0.15, -0.1) is 0 Å². The highest BCUT2D eigenvalue weighted by atomic mass is 16.3. The topological polar surface area (TPSA) is 32.3 Å². The van der Waals surface area contributed by atoms with Crippen LogP contribution in [0.5, 0.6) is 0 Å². The van der Waals surface area contributed by atoms with E-state index in [4.69, 9.17) is 0 Å². The normalized spacial score (nSPS) is 26.1. The Morgan fingerprint density at radius 3 is 2.05 bits per heavy atom. The lowest BCUT2D eigenvalue weighted by atomic mass is 9.77. The fourth-order valence-electron chi connectivity index (χ4n) is 3.75. The number of nitrogens with one attached hydrogen (secondary N) is 1. The first-order chi connectivity index (χ1) is 10.2. The van der Waals surface area contributed by atoms with Crippen LogP contribution < -0.4 is 5.32 Å². The van der Waals surface area contributed by atoms with E-state index in [2.05, 4.69) is 19.2 Å². The molecular formula is C19H39NO. The van der Waals surface area contributed by atoms with Gasteiger partial charge in [0.25, 0.3) is 0 Å². The predicted octanol–water partition coefficient (Wildman–Crippen LogP) is 5.05. The Morgan fingerprint density at radius 1 is 0.905 bits per heavy atom. The van der Waals surface area contributed by atoms with Gasteiger partial charge < -0.3 is 10.4 Å². The van der Waals surface area contributed by atoms with Gasteiger partial charge >= 0.3 is 0 Å². The number of rotatable bonds is 12. The molecule has 0 amide bonds. The van der Waals surface area contributed by atoms with Gasteiger partial charge in [-0.3, -0.25) is 0 Å². The van der Waals surface area contributed by atoms with Crippen LogP contribution in [0.15, 0.2) is 0 Å². The Hall–Kier alpha value is -0.0800. The zero-order valence-corrected chi connectivity index (χ0v) is 14.6. The van der Waals surface area contributed by atoms with Gasteiger partial charge in [0.2, 0.25) is 0 Å². The summed E-state index contributed by atoms with van der Waals surface area (Å²) in [4.78, 5) is 0. The van der Waals surface area contributed by atoms with Crippen LogP contribution in [-0.2, 0) is 0 Å². The molecule has 1 fully saturated rings. The molecule has 0 aromatic rings. The van der Waals surface area contributed by atoms with E-state index in [1.165, 1.54) is 64.2 Å². The van der Waals surface area contributed by atoms with E-state index in [-0.39, 0.29) is 5.60 Å². The maximum atomic E-state index is 10.8. The summed E-state index contributed by atoms with van der Waals surface area (Å²) in [5.74, 6) is 0.463. The Balaban J connectivity index is 1.98. The van der Waals surface area contributed by atoms with Crippen LogP contribution in [0.25, 0.3) is 0 Å². The monoisotopic (exact) mass is 297 g/mol. The first-order valence-electron chi connectivity index (χ1n) is 9.66. The zero-order valence-electron chi connectivity index (χ0n) is 14.6. The van der Waals surface area contributed by atoms with E-state index >= 15 is 0 Å². The van der Waals surface area contributed by atoms with Crippen LogP contribution in [0.2, 0.25) is 0 Å². The van der Waals surface area contributed by atoms with Gasteiger partial charge in [-0.2, -0.15) is 0 Å². The molecule has 0 bridgehead atoms. The Kier molecular flexibility index (Phi) is 10.4. The molecular weight excluding hydrogens is 258 g/mol. The minimum atomic E-state index is -0.375. The Labute approximate surface area is 133 Å². The number of unbranched alkanes of at least 4 members (excludes halogenated alkanes) is 9. The number of aliphatic hydroxyl groups is 1. The molecule has 0 radical (unpaired) electrons. The Bertz CT molecular complexity index is 244. The second kappa shape index (κ2) is 11.5. The molecule has 21 heavy (non-hydrogen) atoms. The third-order valence-electron chi connectivity index (χ3n) is 5.34. The molecule has 2 nitrogen and oxygen atoms in total. The molecule has 0 aliphatic carbocycles. The molecule has 1 heterocycles. The molecule has 2 unspecified atom stereocenters. The first-order valence-corrected chi connectivity index (χ1v) is 9.66. The van der Waals surface area contributed by atoms with E-state index in [1.807, 2.05) is 0 Å². The van der Waals surface area contributed by atoms with Crippen molar-refractivity contribution in [1.29, 1.82) is 0 Å². The van der Waals surface area contributed by atoms with E-state index in [0.29, 0.717) is 5.92 Å². The van der Waals surface area contributed by atoms with Crippen LogP contribution in [0.1, 0.15) is 97.3 Å². The minimum Gasteiger partial charge on any atom is -0.390 e. The van der Waals surface area contributed by atoms with Crippen LogP contribution in [0.3, 0.4) is 0 Å². The SMILES string of the molecule is CCCCCCCCCCCCC1(O)CCNCC1CC. The number of piperidine rings is 1. The fraction of sp³-hybridized carbons (Fsp3) is 1.00. The van der Waals surface area contributed by atoms with Crippen molar-refractivity contribution in [2.24, 2.45) is 5.92 Å². The highest BCUT2D eigenvalue weighted by Gasteiger charge is 2.36. The van der Waals surface area contributed by atoms with Gasteiger partial charge in [0.05, 0.1) is 5.60 Å². The molecule has 0 aromatic heterocycles. The molecule has 0 spiro atoms. The number of hydrogen-bond acceptors (Lipinski definition) is 2. The largest absolute Gasteiger partial charge is 0.390 e. The summed E-state index contributed by atoms with van der Waals surface area (Å²) in [6.45, 7) is 6.48. The van der Waals surface area contributed by atoms with Gasteiger partial charge in [0.1, 0.15) is 0 Å². The lowest BCUT2D eigenvalue weighted by Crippen LogP contribution is -2.49. The number of hydrogen-bond donors (Lipinski definition) is 2. The van der Waals surface area contributed by atoms with Crippen molar-refractivity contribution in [3.63, 3.8) is 0 Å². The van der Waals surface area contributed by atoms with E-state index in [9.17, 15) is 5.11 Å². The average molecular weight is 298 g/mol. The third kappa shape index (κ3) is 7.65. The summed E-state index contributed by atoms with van der Waals surface area (Å²) in [5, 5.41) is 14.2. The van der Waals surface area contributed by atoms with E-state index in [1.54, 1.807) is 0 Å². The van der Waals surface area contributed by atoms with Crippen molar-refractivity contribution in [3.05, 3.63) is 0 Å². The standard InChI is InChI=1S/C19H39NO/c1-3-5-6-7-8-9-10-11-12-13-14-19(21)15-16-20-17-18(19)4-2/h18,20-21H,3-17H2,1-2H3. The molecule has 126 valence electrons. The van der Waals surface area contributed by atoms with E-state index < -0.39 is 0 Å². The molecule has 2 N–H and O–H groups in total. The molecule has 0 saturated carbocycles. The lowest BCUT2D eigenvalue weighted by molar-refractivity contribution is -0.0504. The average Bonchev–Trinajstić information content (AvgIpc) is 2.49. The maximum absolute atomic E-state index is 10.8. The molecule has 0 aromatic carbocycles. The highest BCUT2D eigenvalue weighted by Crippen LogP contribution is 2.32. The van der Waals surface area contributed by atoms with Crippen molar-refractivity contribution < 1.29 is 5.11 Å². The summed E-state index contributed by atoms with van der Waals surface area (Å²) in [6.07, 6.45) is 16.8. The van der Waals surface area contributed by atoms with Crippen molar-refractivity contribution in [2.45, 2.75) is 103 Å². The lowest BCUT2D eigenvalue weighted by Gasteiger charge is -2.40. The maximum Gasteiger partial charge on any atom is 0.0699 e. The summed E-state index contributed by atoms with van der Waals surface area (Å²) in [5.41, 5.74) is -0.375. The quantitative estimate of drug-likeness (QED) is 0.494. The minimum absolute atomic E-state index is 0.375. The molecule has 2 atom stereocenters. The predicted molar refractivity (Wildman–Crippen MR) is 92.7 cm³/mol. The van der Waals surface area contributed by atoms with Gasteiger partial charge in [0, 0.05) is 6.54 Å². The van der Waals surface area contributed by atoms with Crippen LogP contribution in [-0.4, -0.2) is 23.8 Å². The molecule has 1 rings (SSSR count). The van der Waals surface area contributed by atoms with Gasteiger partial charge in [-0.1, -0.05) is 78.1 Å². The second-order valence-electron chi connectivity index (χ2n) is 7.09. The third-order valence-corrected chi connectivity index (χ3v) is 5.34. The molecule has 1 aliphatic rings. The van der Waals surface area contributed by atoms with Crippen LogP contribution in [0.4, 0.5) is 0 Å². The van der Waals surface area contributed by atoms with Crippen molar-refractivity contribution >= 4 is 0 Å². The molecule has 2 heteroatoms. The van der Waals surface area contributed by atoms with Gasteiger partial charge in [-0.25, -0.2) is 0 Å². The highest BCUT2D eigenvalue weighted by molar-refractivity contribution is 4.91. The smallest absolute Gasteiger partial charge is 0.0699 e. The summed E-state index contributed by atoms with van der Waals surface area (Å²) in [7, 11) is 0. The van der Waals surface area contributed by atoms with Crippen molar-refractivity contribution in [1.82, 2.24) is 5.32 Å².